The van der Waals surface area contributed by atoms with Crippen LogP contribution in [0.2, 0.25) is 0 Å². The number of fused-ring (bicyclic) bond motifs is 1. The maximum absolute atomic E-state index is 14.9. The first-order valence-corrected chi connectivity index (χ1v) is 8.63. The average molecular weight is 321 g/mol. The van der Waals surface area contributed by atoms with Crippen LogP contribution in [0.15, 0.2) is 0 Å². The van der Waals surface area contributed by atoms with E-state index in [2.05, 4.69) is 0 Å². The van der Waals surface area contributed by atoms with Crippen molar-refractivity contribution in [2.24, 2.45) is 17.6 Å². The third-order valence-corrected chi connectivity index (χ3v) is 6.42. The number of hydrogen-bond donors (Lipinski definition) is 3. The lowest BCUT2D eigenvalue weighted by atomic mass is 9.66. The van der Waals surface area contributed by atoms with Crippen molar-refractivity contribution in [3.8, 4) is 0 Å². The van der Waals surface area contributed by atoms with Crippen LogP contribution in [0, 0.1) is 11.8 Å². The van der Waals surface area contributed by atoms with Crippen LogP contribution in [-0.2, 0) is 15.0 Å². The highest BCUT2D eigenvalue weighted by molar-refractivity contribution is 7.88. The molecule has 3 rings (SSSR count). The molecule has 21 heavy (non-hydrogen) atoms. The number of rotatable bonds is 1. The molecule has 0 aromatic rings. The Morgan fingerprint density at radius 1 is 1.33 bits per heavy atom. The number of carbonyl (C=O) groups is 1. The number of halogens is 1. The summed E-state index contributed by atoms with van der Waals surface area (Å²) in [6, 6.07) is -1.30. The Bertz CT molecular complexity index is 543. The van der Waals surface area contributed by atoms with Gasteiger partial charge in [-0.3, -0.25) is 4.79 Å². The minimum absolute atomic E-state index is 0.0278. The van der Waals surface area contributed by atoms with Crippen molar-refractivity contribution in [2.45, 2.75) is 50.0 Å². The molecule has 0 radical (unpaired) electrons. The predicted molar refractivity (Wildman–Crippen MR) is 71.9 cm³/mol. The largest absolute Gasteiger partial charge is 0.391 e. The second-order valence-corrected chi connectivity index (χ2v) is 7.93. The Hall–Kier alpha value is -0.770. The maximum Gasteiger partial charge on any atom is 0.304 e. The van der Waals surface area contributed by atoms with Crippen LogP contribution in [0.1, 0.15) is 25.7 Å². The van der Waals surface area contributed by atoms with Gasteiger partial charge in [-0.2, -0.15) is 12.7 Å². The zero-order valence-corrected chi connectivity index (χ0v) is 12.3. The summed E-state index contributed by atoms with van der Waals surface area (Å²) in [7, 11) is -4.05. The number of aliphatic hydroxyl groups excluding tert-OH is 1. The van der Waals surface area contributed by atoms with Crippen LogP contribution < -0.4 is 10.5 Å². The lowest BCUT2D eigenvalue weighted by Gasteiger charge is -2.47. The highest BCUT2D eigenvalue weighted by Crippen LogP contribution is 2.43. The van der Waals surface area contributed by atoms with Gasteiger partial charge in [0, 0.05) is 6.04 Å². The highest BCUT2D eigenvalue weighted by Gasteiger charge is 2.53. The molecule has 2 aliphatic carbocycles. The van der Waals surface area contributed by atoms with E-state index >= 15 is 0 Å². The first kappa shape index (κ1) is 15.1. The first-order chi connectivity index (χ1) is 9.79. The molecule has 9 heteroatoms. The maximum atomic E-state index is 14.9. The standard InChI is InChI=1S/C12H20FN3O4S/c13-11-8-4-7(14)2-1-6(8)3-9(17)12(11)16-5-10(18)15-21(16,19)20/h6-9,11-12,17H,1-5,14H2,(H,15,18)/t6?,7-,8?,9?,11?,12?/m1/s1. The van der Waals surface area contributed by atoms with Gasteiger partial charge in [0.1, 0.15) is 6.17 Å². The van der Waals surface area contributed by atoms with E-state index in [0.717, 1.165) is 17.1 Å². The van der Waals surface area contributed by atoms with E-state index in [9.17, 15) is 22.7 Å². The summed E-state index contributed by atoms with van der Waals surface area (Å²) in [4.78, 5) is 11.3. The summed E-state index contributed by atoms with van der Waals surface area (Å²) in [6.07, 6.45) is -0.217. The van der Waals surface area contributed by atoms with Crippen molar-refractivity contribution < 1.29 is 22.7 Å². The van der Waals surface area contributed by atoms with Gasteiger partial charge in [0.25, 0.3) is 0 Å². The molecule has 120 valence electrons. The normalized spacial score (nSPS) is 46.9. The van der Waals surface area contributed by atoms with Crippen molar-refractivity contribution in [2.75, 3.05) is 6.54 Å². The van der Waals surface area contributed by atoms with E-state index in [1.54, 1.807) is 0 Å². The Labute approximate surface area is 122 Å². The number of amides is 1. The second-order valence-electron chi connectivity index (χ2n) is 6.31. The lowest BCUT2D eigenvalue weighted by molar-refractivity contribution is -0.119. The van der Waals surface area contributed by atoms with Gasteiger partial charge in [0.2, 0.25) is 5.91 Å². The van der Waals surface area contributed by atoms with Crippen LogP contribution >= 0.6 is 0 Å². The molecule has 1 aliphatic heterocycles. The molecule has 1 heterocycles. The van der Waals surface area contributed by atoms with E-state index in [1.807, 2.05) is 4.72 Å². The smallest absolute Gasteiger partial charge is 0.304 e. The average Bonchev–Trinajstić information content (AvgIpc) is 2.64. The molecular formula is C12H20FN3O4S. The molecule has 3 aliphatic rings. The van der Waals surface area contributed by atoms with Crippen LogP contribution in [0.4, 0.5) is 4.39 Å². The van der Waals surface area contributed by atoms with Crippen LogP contribution in [-0.4, -0.2) is 54.6 Å². The van der Waals surface area contributed by atoms with Crippen molar-refractivity contribution >= 4 is 16.1 Å². The molecular weight excluding hydrogens is 301 g/mol. The number of carbonyl (C=O) groups excluding carboxylic acids is 1. The molecule has 0 bridgehead atoms. The number of nitrogens with two attached hydrogens (primary N) is 1. The Balaban J connectivity index is 1.87. The number of hydrogen-bond acceptors (Lipinski definition) is 5. The molecule has 5 unspecified atom stereocenters. The molecule has 6 atom stereocenters. The van der Waals surface area contributed by atoms with E-state index < -0.39 is 41.0 Å². The topological polar surface area (TPSA) is 113 Å². The van der Waals surface area contributed by atoms with Gasteiger partial charge in [0.15, 0.2) is 0 Å². The van der Waals surface area contributed by atoms with Crippen molar-refractivity contribution in [3.63, 3.8) is 0 Å². The first-order valence-electron chi connectivity index (χ1n) is 7.19. The fraction of sp³-hybridized carbons (Fsp3) is 0.917. The number of nitrogens with zero attached hydrogens (tertiary/aromatic N) is 1. The quantitative estimate of drug-likeness (QED) is 0.566. The van der Waals surface area contributed by atoms with Gasteiger partial charge in [-0.05, 0) is 37.5 Å². The summed E-state index contributed by atoms with van der Waals surface area (Å²) in [5.41, 5.74) is 5.89. The van der Waals surface area contributed by atoms with Crippen LogP contribution in [0.25, 0.3) is 0 Å². The molecule has 1 saturated heterocycles. The predicted octanol–water partition coefficient (Wildman–Crippen LogP) is -1.12. The molecule has 7 nitrogen and oxygen atoms in total. The summed E-state index contributed by atoms with van der Waals surface area (Å²) in [5, 5.41) is 10.2. The summed E-state index contributed by atoms with van der Waals surface area (Å²) in [5.74, 6) is -1.02. The van der Waals surface area contributed by atoms with Crippen LogP contribution in [0.5, 0.6) is 0 Å². The molecule has 2 saturated carbocycles. The van der Waals surface area contributed by atoms with Gasteiger partial charge in [0.05, 0.1) is 18.7 Å². The Morgan fingerprint density at radius 2 is 2.05 bits per heavy atom. The number of nitrogens with one attached hydrogen (secondary N) is 1. The zero-order valence-electron chi connectivity index (χ0n) is 11.5. The molecule has 3 fully saturated rings. The minimum Gasteiger partial charge on any atom is -0.391 e. The van der Waals surface area contributed by atoms with Gasteiger partial charge < -0.3 is 10.8 Å². The van der Waals surface area contributed by atoms with E-state index in [-0.39, 0.29) is 17.9 Å². The SMILES string of the molecule is N[C@@H]1CCC2CC(O)C(N3CC(=O)NS3(=O)=O)C(F)C2C1. The third kappa shape index (κ3) is 2.56. The molecule has 4 N–H and O–H groups in total. The molecule has 0 aromatic heterocycles. The summed E-state index contributed by atoms with van der Waals surface area (Å²) in [6.45, 7) is -0.437. The van der Waals surface area contributed by atoms with Gasteiger partial charge >= 0.3 is 10.2 Å². The molecule has 0 aromatic carbocycles. The molecule has 1 amide bonds. The molecule has 0 spiro atoms. The highest BCUT2D eigenvalue weighted by atomic mass is 32.2. The third-order valence-electron chi connectivity index (χ3n) is 4.95. The fourth-order valence-corrected chi connectivity index (χ4v) is 5.31. The fourth-order valence-electron chi connectivity index (χ4n) is 3.98. The van der Waals surface area contributed by atoms with Crippen molar-refractivity contribution in [1.82, 2.24) is 9.03 Å². The van der Waals surface area contributed by atoms with E-state index in [4.69, 9.17) is 5.73 Å². The van der Waals surface area contributed by atoms with Gasteiger partial charge in [-0.15, -0.1) is 0 Å². The van der Waals surface area contributed by atoms with Crippen molar-refractivity contribution in [3.05, 3.63) is 0 Å². The van der Waals surface area contributed by atoms with Crippen molar-refractivity contribution in [1.29, 1.82) is 0 Å². The minimum atomic E-state index is -4.05. The summed E-state index contributed by atoms with van der Waals surface area (Å²) < 4.78 is 41.2. The second kappa shape index (κ2) is 5.15. The van der Waals surface area contributed by atoms with Gasteiger partial charge in [-0.25, -0.2) is 9.11 Å². The number of alkyl halides is 1. The number of aliphatic hydroxyl groups is 1. The Kier molecular flexibility index (Phi) is 3.71. The zero-order chi connectivity index (χ0) is 15.4. The van der Waals surface area contributed by atoms with Gasteiger partial charge in [-0.1, -0.05) is 0 Å². The summed E-state index contributed by atoms with van der Waals surface area (Å²) >= 11 is 0. The monoisotopic (exact) mass is 321 g/mol. The van der Waals surface area contributed by atoms with E-state index in [0.29, 0.717) is 12.8 Å². The van der Waals surface area contributed by atoms with E-state index in [1.165, 1.54) is 0 Å². The van der Waals surface area contributed by atoms with Crippen LogP contribution in [0.3, 0.4) is 0 Å². The Morgan fingerprint density at radius 3 is 2.67 bits per heavy atom. The lowest BCUT2D eigenvalue weighted by Crippen LogP contribution is -2.59.